The van der Waals surface area contributed by atoms with Gasteiger partial charge in [-0.25, -0.2) is 4.68 Å². The fourth-order valence-corrected chi connectivity index (χ4v) is 4.80. The van der Waals surface area contributed by atoms with E-state index in [2.05, 4.69) is 10.2 Å². The van der Waals surface area contributed by atoms with E-state index >= 15 is 0 Å². The van der Waals surface area contributed by atoms with E-state index in [-0.39, 0.29) is 23.4 Å². The standard InChI is InChI=1S/C22H27N5O2S/c1-15(13-26-17(3)12-16(2)23-26)22(29)25-10-4-6-18(14-25)27-21(28)9-8-19(24-27)20-7-5-11-30-20/h5,7-9,11-12,15,18H,4,6,10,13-14H2,1-3H3/t15-,18-/m1/s1. The molecule has 0 bridgehead atoms. The average Bonchev–Trinajstić information content (AvgIpc) is 3.38. The van der Waals surface area contributed by atoms with Crippen LogP contribution in [0.2, 0.25) is 0 Å². The molecule has 0 aliphatic carbocycles. The molecule has 0 unspecified atom stereocenters. The van der Waals surface area contributed by atoms with E-state index in [1.54, 1.807) is 28.2 Å². The number of rotatable bonds is 5. The summed E-state index contributed by atoms with van der Waals surface area (Å²) in [5, 5.41) is 11.1. The van der Waals surface area contributed by atoms with Gasteiger partial charge in [0.05, 0.1) is 29.1 Å². The van der Waals surface area contributed by atoms with Gasteiger partial charge >= 0.3 is 0 Å². The molecular weight excluding hydrogens is 398 g/mol. The lowest BCUT2D eigenvalue weighted by atomic mass is 10.0. The van der Waals surface area contributed by atoms with Crippen molar-refractivity contribution in [2.75, 3.05) is 13.1 Å². The molecule has 4 rings (SSSR count). The van der Waals surface area contributed by atoms with Crippen LogP contribution in [0.3, 0.4) is 0 Å². The number of aromatic nitrogens is 4. The number of carbonyl (C=O) groups excluding carboxylic acids is 1. The minimum Gasteiger partial charge on any atom is -0.340 e. The van der Waals surface area contributed by atoms with Gasteiger partial charge in [-0.3, -0.25) is 14.3 Å². The Hall–Kier alpha value is -2.74. The third-order valence-corrected chi connectivity index (χ3v) is 6.52. The zero-order chi connectivity index (χ0) is 21.3. The maximum absolute atomic E-state index is 13.1. The van der Waals surface area contributed by atoms with E-state index in [9.17, 15) is 9.59 Å². The molecule has 158 valence electrons. The van der Waals surface area contributed by atoms with Crippen LogP contribution in [0.1, 0.15) is 37.2 Å². The van der Waals surface area contributed by atoms with Crippen molar-refractivity contribution in [1.82, 2.24) is 24.5 Å². The SMILES string of the molecule is Cc1cc(C)n(C[C@@H](C)C(=O)N2CCC[C@@H](n3nc(-c4cccs4)ccc3=O)C2)n1. The molecule has 1 fully saturated rings. The molecule has 0 saturated carbocycles. The second-order valence-corrected chi connectivity index (χ2v) is 9.02. The van der Waals surface area contributed by atoms with Crippen LogP contribution in [-0.2, 0) is 11.3 Å². The molecule has 0 N–H and O–H groups in total. The van der Waals surface area contributed by atoms with Gasteiger partial charge in [0.2, 0.25) is 5.91 Å². The number of thiophene rings is 1. The topological polar surface area (TPSA) is 73.0 Å². The summed E-state index contributed by atoms with van der Waals surface area (Å²) < 4.78 is 3.47. The highest BCUT2D eigenvalue weighted by Crippen LogP contribution is 2.25. The predicted molar refractivity (Wildman–Crippen MR) is 118 cm³/mol. The van der Waals surface area contributed by atoms with Gasteiger partial charge in [0.15, 0.2) is 0 Å². The Morgan fingerprint density at radius 2 is 2.10 bits per heavy atom. The van der Waals surface area contributed by atoms with E-state index < -0.39 is 0 Å². The van der Waals surface area contributed by atoms with Gasteiger partial charge in [-0.2, -0.15) is 10.2 Å². The lowest BCUT2D eigenvalue weighted by Gasteiger charge is -2.34. The van der Waals surface area contributed by atoms with Crippen LogP contribution >= 0.6 is 11.3 Å². The predicted octanol–water partition coefficient (Wildman–Crippen LogP) is 3.28. The number of hydrogen-bond acceptors (Lipinski definition) is 5. The maximum Gasteiger partial charge on any atom is 0.267 e. The lowest BCUT2D eigenvalue weighted by Crippen LogP contribution is -2.45. The zero-order valence-electron chi connectivity index (χ0n) is 17.6. The highest BCUT2D eigenvalue weighted by molar-refractivity contribution is 7.13. The monoisotopic (exact) mass is 425 g/mol. The van der Waals surface area contributed by atoms with Crippen molar-refractivity contribution in [2.45, 2.75) is 46.2 Å². The van der Waals surface area contributed by atoms with Crippen LogP contribution in [0.25, 0.3) is 10.6 Å². The summed E-state index contributed by atoms with van der Waals surface area (Å²) in [5.74, 6) is -0.0707. The van der Waals surface area contributed by atoms with Crippen molar-refractivity contribution in [3.63, 3.8) is 0 Å². The molecule has 0 radical (unpaired) electrons. The van der Waals surface area contributed by atoms with Gasteiger partial charge in [0.25, 0.3) is 5.56 Å². The quantitative estimate of drug-likeness (QED) is 0.629. The fraction of sp³-hybridized carbons (Fsp3) is 0.455. The number of carbonyl (C=O) groups is 1. The smallest absolute Gasteiger partial charge is 0.267 e. The van der Waals surface area contributed by atoms with Gasteiger partial charge in [-0.15, -0.1) is 11.3 Å². The van der Waals surface area contributed by atoms with E-state index in [1.165, 1.54) is 0 Å². The van der Waals surface area contributed by atoms with Crippen molar-refractivity contribution in [3.8, 4) is 10.6 Å². The van der Waals surface area contributed by atoms with Gasteiger partial charge in [0, 0.05) is 24.8 Å². The molecule has 0 aromatic carbocycles. The number of likely N-dealkylation sites (tertiary alicyclic amines) is 1. The molecule has 1 saturated heterocycles. The summed E-state index contributed by atoms with van der Waals surface area (Å²) in [5.41, 5.74) is 2.70. The van der Waals surface area contributed by atoms with Crippen LogP contribution in [0.15, 0.2) is 40.5 Å². The highest BCUT2D eigenvalue weighted by atomic mass is 32.1. The lowest BCUT2D eigenvalue weighted by molar-refractivity contribution is -0.137. The Kier molecular flexibility index (Phi) is 5.85. The molecule has 0 spiro atoms. The summed E-state index contributed by atoms with van der Waals surface area (Å²) in [6, 6.07) is 9.24. The van der Waals surface area contributed by atoms with Crippen LogP contribution < -0.4 is 5.56 Å². The van der Waals surface area contributed by atoms with Gasteiger partial charge in [0.1, 0.15) is 5.69 Å². The minimum atomic E-state index is -0.177. The summed E-state index contributed by atoms with van der Waals surface area (Å²) >= 11 is 1.60. The fourth-order valence-electron chi connectivity index (χ4n) is 4.11. The molecule has 1 aliphatic rings. The van der Waals surface area contributed by atoms with Crippen molar-refractivity contribution in [2.24, 2.45) is 5.92 Å². The minimum absolute atomic E-state index is 0.101. The third-order valence-electron chi connectivity index (χ3n) is 5.62. The molecule has 2 atom stereocenters. The van der Waals surface area contributed by atoms with E-state index in [0.29, 0.717) is 13.1 Å². The number of amides is 1. The first-order chi connectivity index (χ1) is 14.4. The Morgan fingerprint density at radius 1 is 1.27 bits per heavy atom. The molecule has 3 aromatic heterocycles. The first kappa shape index (κ1) is 20.5. The molecule has 7 nitrogen and oxygen atoms in total. The average molecular weight is 426 g/mol. The van der Waals surface area contributed by atoms with Crippen LogP contribution in [0.4, 0.5) is 0 Å². The summed E-state index contributed by atoms with van der Waals surface area (Å²) in [6.07, 6.45) is 1.71. The molecule has 1 amide bonds. The molecule has 3 aromatic rings. The number of aryl methyl sites for hydroxylation is 2. The first-order valence-corrected chi connectivity index (χ1v) is 11.2. The summed E-state index contributed by atoms with van der Waals surface area (Å²) in [6.45, 7) is 7.71. The van der Waals surface area contributed by atoms with Crippen molar-refractivity contribution in [1.29, 1.82) is 0 Å². The summed E-state index contributed by atoms with van der Waals surface area (Å²) in [7, 11) is 0. The molecule has 1 aliphatic heterocycles. The summed E-state index contributed by atoms with van der Waals surface area (Å²) in [4.78, 5) is 28.6. The van der Waals surface area contributed by atoms with Gasteiger partial charge in [-0.1, -0.05) is 13.0 Å². The van der Waals surface area contributed by atoms with Crippen LogP contribution in [0, 0.1) is 19.8 Å². The molecule has 4 heterocycles. The maximum atomic E-state index is 13.1. The Labute approximate surface area is 180 Å². The van der Waals surface area contributed by atoms with E-state index in [1.807, 2.05) is 53.9 Å². The van der Waals surface area contributed by atoms with Crippen LogP contribution in [-0.4, -0.2) is 43.5 Å². The third kappa shape index (κ3) is 4.23. The second kappa shape index (κ2) is 8.55. The second-order valence-electron chi connectivity index (χ2n) is 8.07. The molecule has 30 heavy (non-hydrogen) atoms. The highest BCUT2D eigenvalue weighted by Gasteiger charge is 2.29. The van der Waals surface area contributed by atoms with Crippen molar-refractivity contribution in [3.05, 3.63) is 57.5 Å². The number of nitrogens with zero attached hydrogens (tertiary/aromatic N) is 5. The molecular formula is C22H27N5O2S. The van der Waals surface area contributed by atoms with Crippen molar-refractivity contribution < 1.29 is 4.79 Å². The Bertz CT molecular complexity index is 1090. The zero-order valence-corrected chi connectivity index (χ0v) is 18.4. The Morgan fingerprint density at radius 3 is 2.80 bits per heavy atom. The van der Waals surface area contributed by atoms with Crippen LogP contribution in [0.5, 0.6) is 0 Å². The molecule has 8 heteroatoms. The number of hydrogen-bond donors (Lipinski definition) is 0. The van der Waals surface area contributed by atoms with E-state index in [4.69, 9.17) is 0 Å². The van der Waals surface area contributed by atoms with Gasteiger partial charge < -0.3 is 4.90 Å². The number of piperidine rings is 1. The Balaban J connectivity index is 1.49. The first-order valence-electron chi connectivity index (χ1n) is 10.4. The normalized spacial score (nSPS) is 17.8. The van der Waals surface area contributed by atoms with Gasteiger partial charge in [-0.05, 0) is 50.3 Å². The largest absolute Gasteiger partial charge is 0.340 e. The van der Waals surface area contributed by atoms with Crippen molar-refractivity contribution >= 4 is 17.2 Å². The van der Waals surface area contributed by atoms with E-state index in [0.717, 1.165) is 41.3 Å².